The van der Waals surface area contributed by atoms with Gasteiger partial charge in [-0.2, -0.15) is 0 Å². The van der Waals surface area contributed by atoms with Gasteiger partial charge in [0.15, 0.2) is 0 Å². The Morgan fingerprint density at radius 2 is 1.96 bits per heavy atom. The van der Waals surface area contributed by atoms with Crippen LogP contribution in [0.25, 0.3) is 11.1 Å². The summed E-state index contributed by atoms with van der Waals surface area (Å²) >= 11 is 1.16. The van der Waals surface area contributed by atoms with E-state index >= 15 is 0 Å². The molecule has 1 amide bonds. The van der Waals surface area contributed by atoms with Gasteiger partial charge in [-0.15, -0.1) is 17.8 Å². The summed E-state index contributed by atoms with van der Waals surface area (Å²) in [5.74, 6) is 1.05. The van der Waals surface area contributed by atoms with Crippen LogP contribution in [-0.4, -0.2) is 24.1 Å². The van der Waals surface area contributed by atoms with Gasteiger partial charge in [0, 0.05) is 23.1 Å². The van der Waals surface area contributed by atoms with Crippen molar-refractivity contribution in [2.24, 2.45) is 0 Å². The van der Waals surface area contributed by atoms with Crippen molar-refractivity contribution < 1.29 is 19.4 Å². The van der Waals surface area contributed by atoms with Crippen molar-refractivity contribution in [3.8, 4) is 23.5 Å². The van der Waals surface area contributed by atoms with Crippen molar-refractivity contribution in [3.63, 3.8) is 0 Å². The summed E-state index contributed by atoms with van der Waals surface area (Å²) in [6, 6.07) is 7.52. The van der Waals surface area contributed by atoms with Gasteiger partial charge in [-0.1, -0.05) is 35.7 Å². The topological polar surface area (TPSA) is 75.6 Å². The Labute approximate surface area is 155 Å². The number of anilines is 1. The minimum absolute atomic E-state index is 0.0618. The largest absolute Gasteiger partial charge is 0.496 e. The molecule has 0 unspecified atom stereocenters. The van der Waals surface area contributed by atoms with Crippen LogP contribution in [-0.2, 0) is 9.53 Å². The Hall–Kier alpha value is -3.30. The third-order valence-corrected chi connectivity index (χ3v) is 4.36. The Morgan fingerprint density at radius 3 is 2.54 bits per heavy atom. The quantitative estimate of drug-likeness (QED) is 0.349. The molecular weight excluding hydrogens is 350 g/mol. The fourth-order valence-corrected chi connectivity index (χ4v) is 3.14. The van der Waals surface area contributed by atoms with E-state index in [1.54, 1.807) is 5.38 Å². The first-order valence-corrected chi connectivity index (χ1v) is 8.45. The number of hydrogen-bond acceptors (Lipinski definition) is 4. The molecule has 0 radical (unpaired) electrons. The van der Waals surface area contributed by atoms with Crippen LogP contribution < -0.4 is 5.32 Å². The number of carbonyl (C=O) groups excluding carboxylic acids is 1. The van der Waals surface area contributed by atoms with Crippen LogP contribution in [0.2, 0.25) is 0 Å². The molecule has 1 heterocycles. The average molecular weight is 367 g/mol. The number of carboxylic acid groups (broad SMARTS) is 1. The molecule has 0 aliphatic heterocycles. The van der Waals surface area contributed by atoms with Gasteiger partial charge >= 0.3 is 5.97 Å². The molecule has 0 atom stereocenters. The number of allylic oxidation sites excluding steroid dienone is 2. The Morgan fingerprint density at radius 1 is 1.27 bits per heavy atom. The number of ether oxygens (including phenoxy) is 1. The number of carbonyl (C=O) groups is 2. The molecule has 0 bridgehead atoms. The van der Waals surface area contributed by atoms with Gasteiger partial charge < -0.3 is 15.2 Å². The fraction of sp³-hybridized carbons (Fsp3) is 0.100. The van der Waals surface area contributed by atoms with E-state index < -0.39 is 11.9 Å². The van der Waals surface area contributed by atoms with E-state index in [1.807, 2.05) is 31.2 Å². The van der Waals surface area contributed by atoms with Gasteiger partial charge in [0.1, 0.15) is 16.3 Å². The number of amides is 1. The zero-order valence-corrected chi connectivity index (χ0v) is 15.1. The van der Waals surface area contributed by atoms with Gasteiger partial charge in [0.25, 0.3) is 0 Å². The highest BCUT2D eigenvalue weighted by Crippen LogP contribution is 2.35. The number of aromatic carboxylic acids is 1. The van der Waals surface area contributed by atoms with Crippen molar-refractivity contribution >= 4 is 28.2 Å². The van der Waals surface area contributed by atoms with Crippen LogP contribution in [0.3, 0.4) is 0 Å². The number of benzene rings is 1. The molecule has 0 spiro atoms. The zero-order chi connectivity index (χ0) is 19.1. The van der Waals surface area contributed by atoms with Crippen LogP contribution >= 0.6 is 11.3 Å². The lowest BCUT2D eigenvalue weighted by Crippen LogP contribution is -2.10. The number of hydrogen-bond donors (Lipinski definition) is 2. The van der Waals surface area contributed by atoms with E-state index in [0.29, 0.717) is 11.3 Å². The Balaban J connectivity index is 2.28. The number of terminal acetylenes is 1. The molecule has 2 aromatic rings. The maximum atomic E-state index is 12.1. The van der Waals surface area contributed by atoms with Crippen LogP contribution in [0.5, 0.6) is 0 Å². The molecule has 0 aliphatic carbocycles. The lowest BCUT2D eigenvalue weighted by molar-refractivity contribution is -0.111. The summed E-state index contributed by atoms with van der Waals surface area (Å²) < 4.78 is 4.99. The molecule has 0 aliphatic rings. The molecule has 1 aromatic carbocycles. The monoisotopic (exact) mass is 367 g/mol. The van der Waals surface area contributed by atoms with E-state index in [2.05, 4.69) is 11.2 Å². The third-order valence-electron chi connectivity index (χ3n) is 3.46. The van der Waals surface area contributed by atoms with Gasteiger partial charge in [-0.05, 0) is 18.6 Å². The molecule has 0 saturated carbocycles. The van der Waals surface area contributed by atoms with Crippen LogP contribution in [0.1, 0.15) is 15.9 Å². The number of thiophene rings is 1. The van der Waals surface area contributed by atoms with Crippen LogP contribution in [0.4, 0.5) is 5.00 Å². The molecule has 0 saturated heterocycles. The summed E-state index contributed by atoms with van der Waals surface area (Å²) in [6.45, 7) is 1.95. The van der Waals surface area contributed by atoms with E-state index in [9.17, 15) is 14.7 Å². The molecule has 1 aromatic heterocycles. The minimum atomic E-state index is -1.11. The lowest BCUT2D eigenvalue weighted by Gasteiger charge is -2.05. The fourth-order valence-electron chi connectivity index (χ4n) is 2.18. The Bertz CT molecular complexity index is 914. The summed E-state index contributed by atoms with van der Waals surface area (Å²) in [6.07, 6.45) is 9.15. The molecular formula is C20H17NO4S. The normalized spacial score (nSPS) is 11.2. The summed E-state index contributed by atoms with van der Waals surface area (Å²) in [4.78, 5) is 23.8. The summed E-state index contributed by atoms with van der Waals surface area (Å²) in [5.41, 5.74) is 2.48. The first-order valence-electron chi connectivity index (χ1n) is 7.57. The number of rotatable bonds is 6. The predicted molar refractivity (Wildman–Crippen MR) is 103 cm³/mol. The van der Waals surface area contributed by atoms with E-state index in [0.717, 1.165) is 22.5 Å². The number of methoxy groups -OCH3 is 1. The van der Waals surface area contributed by atoms with Crippen molar-refractivity contribution in [2.45, 2.75) is 6.92 Å². The molecule has 2 rings (SSSR count). The van der Waals surface area contributed by atoms with Gasteiger partial charge in [0.2, 0.25) is 5.91 Å². The molecule has 5 nitrogen and oxygen atoms in total. The standard InChI is InChI=1S/C20H17NO4S/c1-4-5-15(25-3)10-11-17(22)21-19-18(20(23)24)16(12-26-19)14-8-6-13(2)7-9-14/h1,5-12H,2-3H3,(H,21,22)(H,23,24)/b11-10+,15-5-. The van der Waals surface area contributed by atoms with Crippen LogP contribution in [0, 0.1) is 19.3 Å². The highest BCUT2D eigenvalue weighted by molar-refractivity contribution is 7.15. The smallest absolute Gasteiger partial charge is 0.339 e. The molecule has 6 heteroatoms. The summed E-state index contributed by atoms with van der Waals surface area (Å²) in [7, 11) is 1.43. The van der Waals surface area contributed by atoms with Gasteiger partial charge in [0.05, 0.1) is 7.11 Å². The maximum Gasteiger partial charge on any atom is 0.339 e. The van der Waals surface area contributed by atoms with Crippen molar-refractivity contribution in [1.29, 1.82) is 0 Å². The van der Waals surface area contributed by atoms with Crippen molar-refractivity contribution in [3.05, 3.63) is 64.8 Å². The highest BCUT2D eigenvalue weighted by atomic mass is 32.1. The second kappa shape index (κ2) is 8.70. The first kappa shape index (κ1) is 19.0. The first-order chi connectivity index (χ1) is 12.5. The maximum absolute atomic E-state index is 12.1. The van der Waals surface area contributed by atoms with Gasteiger partial charge in [-0.25, -0.2) is 4.79 Å². The average Bonchev–Trinajstić information content (AvgIpc) is 3.03. The molecule has 0 fully saturated rings. The van der Waals surface area contributed by atoms with E-state index in [4.69, 9.17) is 11.2 Å². The van der Waals surface area contributed by atoms with Crippen molar-refractivity contribution in [2.75, 3.05) is 12.4 Å². The number of aryl methyl sites for hydroxylation is 1. The molecule has 26 heavy (non-hydrogen) atoms. The summed E-state index contributed by atoms with van der Waals surface area (Å²) in [5, 5.41) is 14.1. The SMILES string of the molecule is C#C/C=C(/C=C/C(=O)Nc1scc(-c2ccc(C)cc2)c1C(=O)O)OC. The molecule has 132 valence electrons. The second-order valence-corrected chi connectivity index (χ2v) is 6.14. The third kappa shape index (κ3) is 4.62. The zero-order valence-electron chi connectivity index (χ0n) is 14.3. The van der Waals surface area contributed by atoms with Crippen LogP contribution in [0.15, 0.2) is 53.6 Å². The second-order valence-electron chi connectivity index (χ2n) is 5.26. The number of nitrogens with one attached hydrogen (secondary N) is 1. The predicted octanol–water partition coefficient (Wildman–Crippen LogP) is 4.08. The van der Waals surface area contributed by atoms with E-state index in [-0.39, 0.29) is 10.6 Å². The highest BCUT2D eigenvalue weighted by Gasteiger charge is 2.20. The van der Waals surface area contributed by atoms with E-state index in [1.165, 1.54) is 25.3 Å². The lowest BCUT2D eigenvalue weighted by atomic mass is 10.0. The van der Waals surface area contributed by atoms with Crippen molar-refractivity contribution in [1.82, 2.24) is 0 Å². The minimum Gasteiger partial charge on any atom is -0.496 e. The number of carboxylic acids is 1. The molecule has 2 N–H and O–H groups in total. The Kier molecular flexibility index (Phi) is 6.36. The van der Waals surface area contributed by atoms with Gasteiger partial charge in [-0.3, -0.25) is 4.79 Å².